The van der Waals surface area contributed by atoms with Gasteiger partial charge in [0.2, 0.25) is 5.91 Å². The summed E-state index contributed by atoms with van der Waals surface area (Å²) in [7, 11) is -3.97. The van der Waals surface area contributed by atoms with Crippen molar-refractivity contribution in [3.63, 3.8) is 0 Å². The van der Waals surface area contributed by atoms with Gasteiger partial charge in [-0.25, -0.2) is 17.9 Å². The van der Waals surface area contributed by atoms with Crippen LogP contribution in [0.4, 0.5) is 4.79 Å². The summed E-state index contributed by atoms with van der Waals surface area (Å²) in [5, 5.41) is 2.89. The molecule has 0 saturated carbocycles. The highest BCUT2D eigenvalue weighted by Crippen LogP contribution is 2.17. The first-order valence-electron chi connectivity index (χ1n) is 9.07. The van der Waals surface area contributed by atoms with Crippen molar-refractivity contribution in [2.45, 2.75) is 57.0 Å². The SMILES string of the molecule is CC(C)OC(=O)NS(=O)(=O)c1ccc(CCNC(=O)C2=CCCCC2)cc1. The van der Waals surface area contributed by atoms with Crippen molar-refractivity contribution in [2.24, 2.45) is 0 Å². The Morgan fingerprint density at radius 1 is 1.15 bits per heavy atom. The van der Waals surface area contributed by atoms with Crippen LogP contribution in [0.5, 0.6) is 0 Å². The third-order valence-electron chi connectivity index (χ3n) is 4.08. The van der Waals surface area contributed by atoms with Gasteiger partial charge in [-0.2, -0.15) is 0 Å². The number of carbonyl (C=O) groups excluding carboxylic acids is 2. The van der Waals surface area contributed by atoms with Crippen molar-refractivity contribution in [1.29, 1.82) is 0 Å². The average molecular weight is 394 g/mol. The number of ether oxygens (including phenoxy) is 1. The molecule has 2 N–H and O–H groups in total. The molecule has 1 aromatic carbocycles. The predicted molar refractivity (Wildman–Crippen MR) is 102 cm³/mol. The molecule has 1 aromatic rings. The van der Waals surface area contributed by atoms with E-state index in [4.69, 9.17) is 4.74 Å². The quantitative estimate of drug-likeness (QED) is 0.740. The van der Waals surface area contributed by atoms with Gasteiger partial charge in [0, 0.05) is 12.1 Å². The maximum Gasteiger partial charge on any atom is 0.421 e. The van der Waals surface area contributed by atoms with E-state index in [1.54, 1.807) is 26.0 Å². The summed E-state index contributed by atoms with van der Waals surface area (Å²) < 4.78 is 30.9. The summed E-state index contributed by atoms with van der Waals surface area (Å²) in [5.74, 6) is -0.0261. The topological polar surface area (TPSA) is 102 Å². The standard InChI is InChI=1S/C19H26N2O5S/c1-14(2)26-19(23)21-27(24,25)17-10-8-15(9-11-17)12-13-20-18(22)16-6-4-3-5-7-16/h6,8-11,14H,3-5,7,12-13H2,1-2H3,(H,20,22)(H,21,23). The Morgan fingerprint density at radius 3 is 2.44 bits per heavy atom. The molecule has 0 bridgehead atoms. The van der Waals surface area contributed by atoms with Crippen LogP contribution in [0.25, 0.3) is 0 Å². The lowest BCUT2D eigenvalue weighted by Gasteiger charge is -2.13. The summed E-state index contributed by atoms with van der Waals surface area (Å²) in [5.41, 5.74) is 1.73. The minimum absolute atomic E-state index is 0.0247. The van der Waals surface area contributed by atoms with E-state index < -0.39 is 22.2 Å². The molecule has 0 aliphatic heterocycles. The van der Waals surface area contributed by atoms with Gasteiger partial charge in [0.1, 0.15) is 0 Å². The molecule has 0 unspecified atom stereocenters. The van der Waals surface area contributed by atoms with Gasteiger partial charge in [-0.15, -0.1) is 0 Å². The lowest BCUT2D eigenvalue weighted by molar-refractivity contribution is -0.117. The Hall–Kier alpha value is -2.35. The number of sulfonamides is 1. The summed E-state index contributed by atoms with van der Waals surface area (Å²) in [6.45, 7) is 3.73. The molecule has 148 valence electrons. The first-order chi connectivity index (χ1) is 12.8. The highest BCUT2D eigenvalue weighted by molar-refractivity contribution is 7.90. The number of amides is 2. The van der Waals surface area contributed by atoms with Crippen LogP contribution in [-0.2, 0) is 26.0 Å². The lowest BCUT2D eigenvalue weighted by atomic mass is 9.99. The zero-order valence-electron chi connectivity index (χ0n) is 15.7. The third kappa shape index (κ3) is 6.71. The van der Waals surface area contributed by atoms with Crippen molar-refractivity contribution in [2.75, 3.05) is 6.54 Å². The van der Waals surface area contributed by atoms with Crippen LogP contribution >= 0.6 is 0 Å². The molecular weight excluding hydrogens is 368 g/mol. The molecule has 0 atom stereocenters. The summed E-state index contributed by atoms with van der Waals surface area (Å²) in [6.07, 6.45) is 5.13. The Bertz CT molecular complexity index is 798. The first kappa shape index (κ1) is 21.0. The zero-order valence-corrected chi connectivity index (χ0v) is 16.5. The van der Waals surface area contributed by atoms with Gasteiger partial charge in [0.15, 0.2) is 0 Å². The van der Waals surface area contributed by atoms with Crippen molar-refractivity contribution in [3.8, 4) is 0 Å². The minimum Gasteiger partial charge on any atom is -0.446 e. The maximum atomic E-state index is 12.1. The van der Waals surface area contributed by atoms with Crippen LogP contribution in [0.2, 0.25) is 0 Å². The van der Waals surface area contributed by atoms with Gasteiger partial charge in [-0.1, -0.05) is 18.2 Å². The van der Waals surface area contributed by atoms with Gasteiger partial charge >= 0.3 is 6.09 Å². The molecule has 8 heteroatoms. The van der Waals surface area contributed by atoms with E-state index in [0.29, 0.717) is 13.0 Å². The van der Waals surface area contributed by atoms with E-state index in [1.165, 1.54) is 12.1 Å². The second-order valence-electron chi connectivity index (χ2n) is 6.68. The number of hydrogen-bond donors (Lipinski definition) is 2. The molecule has 27 heavy (non-hydrogen) atoms. The maximum absolute atomic E-state index is 12.1. The normalized spacial score (nSPS) is 14.4. The third-order valence-corrected chi connectivity index (χ3v) is 5.40. The van der Waals surface area contributed by atoms with Crippen molar-refractivity contribution in [1.82, 2.24) is 10.0 Å². The van der Waals surface area contributed by atoms with Crippen molar-refractivity contribution < 1.29 is 22.7 Å². The van der Waals surface area contributed by atoms with E-state index in [2.05, 4.69) is 5.32 Å². The zero-order chi connectivity index (χ0) is 19.9. The van der Waals surface area contributed by atoms with Crippen molar-refractivity contribution >= 4 is 22.0 Å². The number of allylic oxidation sites excluding steroid dienone is 1. The second kappa shape index (κ2) is 9.55. The fourth-order valence-electron chi connectivity index (χ4n) is 2.72. The first-order valence-corrected chi connectivity index (χ1v) is 10.6. The minimum atomic E-state index is -3.97. The van der Waals surface area contributed by atoms with Crippen LogP contribution in [0.1, 0.15) is 45.1 Å². The molecule has 0 spiro atoms. The molecule has 2 amide bonds. The monoisotopic (exact) mass is 394 g/mol. The molecule has 1 aliphatic carbocycles. The van der Waals surface area contributed by atoms with E-state index >= 15 is 0 Å². The van der Waals surface area contributed by atoms with Gasteiger partial charge in [0.05, 0.1) is 11.0 Å². The molecule has 2 rings (SSSR count). The van der Waals surface area contributed by atoms with Crippen LogP contribution < -0.4 is 10.0 Å². The van der Waals surface area contributed by atoms with E-state index in [1.807, 2.05) is 10.8 Å². The molecule has 0 heterocycles. The van der Waals surface area contributed by atoms with Crippen LogP contribution in [0.15, 0.2) is 40.8 Å². The molecule has 1 aliphatic rings. The molecular formula is C19H26N2O5S. The summed E-state index contributed by atoms with van der Waals surface area (Å²) in [4.78, 5) is 23.5. The van der Waals surface area contributed by atoms with Gasteiger partial charge in [-0.05, 0) is 63.6 Å². The highest BCUT2D eigenvalue weighted by atomic mass is 32.2. The van der Waals surface area contributed by atoms with Crippen LogP contribution in [-0.4, -0.2) is 33.1 Å². The van der Waals surface area contributed by atoms with E-state index in [0.717, 1.165) is 36.8 Å². The average Bonchev–Trinajstić information content (AvgIpc) is 2.61. The predicted octanol–water partition coefficient (Wildman–Crippen LogP) is 2.67. The summed E-state index contributed by atoms with van der Waals surface area (Å²) in [6, 6.07) is 6.17. The van der Waals surface area contributed by atoms with Crippen LogP contribution in [0, 0.1) is 0 Å². The van der Waals surface area contributed by atoms with Gasteiger partial charge in [-0.3, -0.25) is 4.79 Å². The van der Waals surface area contributed by atoms with Crippen LogP contribution in [0.3, 0.4) is 0 Å². The fourth-order valence-corrected chi connectivity index (χ4v) is 3.60. The van der Waals surface area contributed by atoms with Gasteiger partial charge in [0.25, 0.3) is 10.0 Å². The number of hydrogen-bond acceptors (Lipinski definition) is 5. The van der Waals surface area contributed by atoms with E-state index in [9.17, 15) is 18.0 Å². The number of nitrogens with one attached hydrogen (secondary N) is 2. The Labute approximate surface area is 160 Å². The lowest BCUT2D eigenvalue weighted by Crippen LogP contribution is -2.32. The number of rotatable bonds is 7. The van der Waals surface area contributed by atoms with E-state index in [-0.39, 0.29) is 10.8 Å². The summed E-state index contributed by atoms with van der Waals surface area (Å²) >= 11 is 0. The largest absolute Gasteiger partial charge is 0.446 e. The Morgan fingerprint density at radius 2 is 1.85 bits per heavy atom. The number of benzene rings is 1. The van der Waals surface area contributed by atoms with Crippen molar-refractivity contribution in [3.05, 3.63) is 41.5 Å². The molecule has 0 fully saturated rings. The molecule has 7 nitrogen and oxygen atoms in total. The molecule has 0 aromatic heterocycles. The Kier molecular flexibility index (Phi) is 7.41. The fraction of sp³-hybridized carbons (Fsp3) is 0.474. The highest BCUT2D eigenvalue weighted by Gasteiger charge is 2.19. The smallest absolute Gasteiger partial charge is 0.421 e. The molecule has 0 saturated heterocycles. The molecule has 0 radical (unpaired) electrons. The second-order valence-corrected chi connectivity index (χ2v) is 8.37. The Balaban J connectivity index is 1.86. The van der Waals surface area contributed by atoms with Gasteiger partial charge < -0.3 is 10.1 Å². The number of carbonyl (C=O) groups is 2.